The monoisotopic (exact) mass is 188 g/mol. The summed E-state index contributed by atoms with van der Waals surface area (Å²) in [6.07, 6.45) is 3.26. The molecule has 2 heteroatoms. The van der Waals surface area contributed by atoms with Crippen LogP contribution in [0.2, 0.25) is 0 Å². The van der Waals surface area contributed by atoms with Crippen molar-refractivity contribution in [2.75, 3.05) is 5.73 Å². The SMILES string of the molecule is CC[C@H](C)c1c[nH]c2cc(N)ccc12. The number of anilines is 1. The van der Waals surface area contributed by atoms with Crippen molar-refractivity contribution < 1.29 is 0 Å². The van der Waals surface area contributed by atoms with Crippen molar-refractivity contribution >= 4 is 16.6 Å². The van der Waals surface area contributed by atoms with Crippen molar-refractivity contribution in [1.29, 1.82) is 0 Å². The van der Waals surface area contributed by atoms with Gasteiger partial charge in [0.1, 0.15) is 0 Å². The summed E-state index contributed by atoms with van der Waals surface area (Å²) in [4.78, 5) is 3.26. The summed E-state index contributed by atoms with van der Waals surface area (Å²) in [6.45, 7) is 4.46. The summed E-state index contributed by atoms with van der Waals surface area (Å²) in [5, 5.41) is 1.30. The Bertz CT molecular complexity index is 443. The molecule has 2 rings (SSSR count). The number of benzene rings is 1. The van der Waals surface area contributed by atoms with Crippen LogP contribution in [0, 0.1) is 0 Å². The van der Waals surface area contributed by atoms with E-state index in [1.54, 1.807) is 0 Å². The summed E-state index contributed by atoms with van der Waals surface area (Å²) in [5.74, 6) is 0.604. The Morgan fingerprint density at radius 3 is 2.93 bits per heavy atom. The molecular weight excluding hydrogens is 172 g/mol. The molecule has 0 aliphatic carbocycles. The molecule has 0 unspecified atom stereocenters. The maximum absolute atomic E-state index is 5.72. The van der Waals surface area contributed by atoms with Gasteiger partial charge in [-0.1, -0.05) is 19.9 Å². The molecule has 0 bridgehead atoms. The zero-order valence-corrected chi connectivity index (χ0v) is 8.67. The van der Waals surface area contributed by atoms with E-state index in [9.17, 15) is 0 Å². The fourth-order valence-corrected chi connectivity index (χ4v) is 1.79. The van der Waals surface area contributed by atoms with Gasteiger partial charge >= 0.3 is 0 Å². The van der Waals surface area contributed by atoms with Gasteiger partial charge in [-0.05, 0) is 30.0 Å². The van der Waals surface area contributed by atoms with Crippen molar-refractivity contribution in [2.45, 2.75) is 26.2 Å². The Labute approximate surface area is 84.1 Å². The number of hydrogen-bond donors (Lipinski definition) is 2. The maximum Gasteiger partial charge on any atom is 0.0477 e. The summed E-state index contributed by atoms with van der Waals surface area (Å²) < 4.78 is 0. The average Bonchev–Trinajstić information content (AvgIpc) is 2.59. The molecule has 74 valence electrons. The number of H-pyrrole nitrogens is 1. The third kappa shape index (κ3) is 1.37. The van der Waals surface area contributed by atoms with Gasteiger partial charge in [0.05, 0.1) is 0 Å². The number of fused-ring (bicyclic) bond motifs is 1. The molecule has 1 aromatic heterocycles. The first kappa shape index (κ1) is 9.13. The lowest BCUT2D eigenvalue weighted by Gasteiger charge is -2.06. The molecule has 0 radical (unpaired) electrons. The average molecular weight is 188 g/mol. The van der Waals surface area contributed by atoms with Gasteiger partial charge in [-0.3, -0.25) is 0 Å². The number of nitrogens with one attached hydrogen (secondary N) is 1. The van der Waals surface area contributed by atoms with Crippen LogP contribution in [0.1, 0.15) is 31.7 Å². The maximum atomic E-state index is 5.72. The lowest BCUT2D eigenvalue weighted by molar-refractivity contribution is 0.739. The van der Waals surface area contributed by atoms with Crippen LogP contribution in [-0.2, 0) is 0 Å². The van der Waals surface area contributed by atoms with Gasteiger partial charge < -0.3 is 10.7 Å². The summed E-state index contributed by atoms with van der Waals surface area (Å²) in [7, 11) is 0. The number of aromatic amines is 1. The highest BCUT2D eigenvalue weighted by atomic mass is 14.7. The first-order valence-corrected chi connectivity index (χ1v) is 5.09. The lowest BCUT2D eigenvalue weighted by atomic mass is 9.98. The minimum Gasteiger partial charge on any atom is -0.399 e. The number of nitrogens with two attached hydrogens (primary N) is 1. The van der Waals surface area contributed by atoms with E-state index in [1.165, 1.54) is 10.9 Å². The van der Waals surface area contributed by atoms with Gasteiger partial charge in [-0.25, -0.2) is 0 Å². The molecule has 1 atom stereocenters. The Morgan fingerprint density at radius 2 is 2.21 bits per heavy atom. The van der Waals surface area contributed by atoms with Gasteiger partial charge in [-0.2, -0.15) is 0 Å². The molecule has 0 spiro atoms. The Balaban J connectivity index is 2.58. The van der Waals surface area contributed by atoms with Crippen molar-refractivity contribution in [1.82, 2.24) is 4.98 Å². The van der Waals surface area contributed by atoms with Crippen LogP contribution in [0.25, 0.3) is 10.9 Å². The second kappa shape index (κ2) is 3.37. The first-order chi connectivity index (χ1) is 6.72. The number of rotatable bonds is 2. The molecular formula is C12H16N2. The molecule has 14 heavy (non-hydrogen) atoms. The minimum absolute atomic E-state index is 0.604. The Morgan fingerprint density at radius 1 is 1.43 bits per heavy atom. The second-order valence-corrected chi connectivity index (χ2v) is 3.86. The smallest absolute Gasteiger partial charge is 0.0477 e. The number of aromatic nitrogens is 1. The van der Waals surface area contributed by atoms with E-state index in [4.69, 9.17) is 5.73 Å². The highest BCUT2D eigenvalue weighted by molar-refractivity contribution is 5.86. The summed E-state index contributed by atoms with van der Waals surface area (Å²) in [5.41, 5.74) is 9.07. The highest BCUT2D eigenvalue weighted by Crippen LogP contribution is 2.28. The van der Waals surface area contributed by atoms with Crippen LogP contribution in [0.3, 0.4) is 0 Å². The molecule has 1 heterocycles. The van der Waals surface area contributed by atoms with Crippen molar-refractivity contribution in [3.05, 3.63) is 30.0 Å². The highest BCUT2D eigenvalue weighted by Gasteiger charge is 2.08. The van der Waals surface area contributed by atoms with Crippen LogP contribution in [0.4, 0.5) is 5.69 Å². The molecule has 0 saturated heterocycles. The molecule has 0 aliphatic rings. The van der Waals surface area contributed by atoms with E-state index in [0.29, 0.717) is 5.92 Å². The fraction of sp³-hybridized carbons (Fsp3) is 0.333. The van der Waals surface area contributed by atoms with Crippen LogP contribution in [-0.4, -0.2) is 4.98 Å². The van der Waals surface area contributed by atoms with Gasteiger partial charge in [0, 0.05) is 22.8 Å². The lowest BCUT2D eigenvalue weighted by Crippen LogP contribution is -1.89. The Hall–Kier alpha value is -1.44. The van der Waals surface area contributed by atoms with Crippen molar-refractivity contribution in [3.8, 4) is 0 Å². The van der Waals surface area contributed by atoms with Gasteiger partial charge in [0.2, 0.25) is 0 Å². The quantitative estimate of drug-likeness (QED) is 0.698. The van der Waals surface area contributed by atoms with E-state index in [1.807, 2.05) is 12.1 Å². The van der Waals surface area contributed by atoms with Crippen LogP contribution >= 0.6 is 0 Å². The third-order valence-corrected chi connectivity index (χ3v) is 2.88. The minimum atomic E-state index is 0.604. The van der Waals surface area contributed by atoms with E-state index in [0.717, 1.165) is 17.6 Å². The van der Waals surface area contributed by atoms with E-state index in [-0.39, 0.29) is 0 Å². The zero-order chi connectivity index (χ0) is 10.1. The standard InChI is InChI=1S/C12H16N2/c1-3-8(2)11-7-14-12-6-9(13)4-5-10(11)12/h4-8,14H,3,13H2,1-2H3/t8-/m0/s1. The van der Waals surface area contributed by atoms with Gasteiger partial charge in [0.15, 0.2) is 0 Å². The summed E-state index contributed by atoms with van der Waals surface area (Å²) in [6, 6.07) is 6.05. The fourth-order valence-electron chi connectivity index (χ4n) is 1.79. The second-order valence-electron chi connectivity index (χ2n) is 3.86. The number of hydrogen-bond acceptors (Lipinski definition) is 1. The molecule has 0 saturated carbocycles. The molecule has 0 fully saturated rings. The summed E-state index contributed by atoms with van der Waals surface area (Å²) >= 11 is 0. The normalized spacial score (nSPS) is 13.3. The van der Waals surface area contributed by atoms with Crippen LogP contribution < -0.4 is 5.73 Å². The van der Waals surface area contributed by atoms with Crippen LogP contribution in [0.5, 0.6) is 0 Å². The molecule has 0 aliphatic heterocycles. The Kier molecular flexibility index (Phi) is 2.20. The van der Waals surface area contributed by atoms with Crippen molar-refractivity contribution in [2.24, 2.45) is 0 Å². The number of nitrogen functional groups attached to an aromatic ring is 1. The molecule has 2 aromatic rings. The first-order valence-electron chi connectivity index (χ1n) is 5.09. The molecule has 1 aromatic carbocycles. The predicted octanol–water partition coefficient (Wildman–Crippen LogP) is 3.26. The molecule has 2 nitrogen and oxygen atoms in total. The molecule has 0 amide bonds. The van der Waals surface area contributed by atoms with Crippen molar-refractivity contribution in [3.63, 3.8) is 0 Å². The van der Waals surface area contributed by atoms with Gasteiger partial charge in [0.25, 0.3) is 0 Å². The third-order valence-electron chi connectivity index (χ3n) is 2.88. The topological polar surface area (TPSA) is 41.8 Å². The van der Waals surface area contributed by atoms with E-state index >= 15 is 0 Å². The van der Waals surface area contributed by atoms with E-state index in [2.05, 4.69) is 31.1 Å². The largest absolute Gasteiger partial charge is 0.399 e. The van der Waals surface area contributed by atoms with E-state index < -0.39 is 0 Å². The van der Waals surface area contributed by atoms with Gasteiger partial charge in [-0.15, -0.1) is 0 Å². The van der Waals surface area contributed by atoms with Crippen LogP contribution in [0.15, 0.2) is 24.4 Å². The zero-order valence-electron chi connectivity index (χ0n) is 8.67. The molecule has 3 N–H and O–H groups in total. The predicted molar refractivity (Wildman–Crippen MR) is 61.4 cm³/mol.